The van der Waals surface area contributed by atoms with Gasteiger partial charge in [-0.05, 0) is 33.8 Å². The van der Waals surface area contributed by atoms with Crippen molar-refractivity contribution in [1.82, 2.24) is 9.29 Å². The molecular weight excluding hydrogens is 278 g/mol. The van der Waals surface area contributed by atoms with Crippen molar-refractivity contribution in [3.63, 3.8) is 0 Å². The van der Waals surface area contributed by atoms with Gasteiger partial charge in [0.2, 0.25) is 10.0 Å². The van der Waals surface area contributed by atoms with Gasteiger partial charge in [0.1, 0.15) is 0 Å². The molecule has 3 N–H and O–H groups in total. The standard InChI is InChI=1S/C13H25N3O3S/c1-10(2)16-8-12(6-11(16)7-14)20(17,18)15-9-13(3,4)19-5/h6,8,10,15H,7,9,14H2,1-5H3. The quantitative estimate of drug-likeness (QED) is 0.793. The van der Waals surface area contributed by atoms with Crippen LogP contribution in [0.15, 0.2) is 17.2 Å². The van der Waals surface area contributed by atoms with E-state index in [-0.39, 0.29) is 17.5 Å². The lowest BCUT2D eigenvalue weighted by Crippen LogP contribution is -2.39. The molecule has 0 radical (unpaired) electrons. The van der Waals surface area contributed by atoms with Crippen molar-refractivity contribution in [2.75, 3.05) is 13.7 Å². The number of nitrogens with one attached hydrogen (secondary N) is 1. The summed E-state index contributed by atoms with van der Waals surface area (Å²) in [5.74, 6) is 0. The number of rotatable bonds is 7. The van der Waals surface area contributed by atoms with Crippen LogP contribution in [0.4, 0.5) is 0 Å². The molecule has 20 heavy (non-hydrogen) atoms. The summed E-state index contributed by atoms with van der Waals surface area (Å²) in [6, 6.07) is 1.77. The zero-order valence-corrected chi connectivity index (χ0v) is 13.6. The van der Waals surface area contributed by atoms with E-state index in [1.165, 1.54) is 0 Å². The molecule has 1 aromatic heterocycles. The van der Waals surface area contributed by atoms with Crippen LogP contribution in [0.5, 0.6) is 0 Å². The van der Waals surface area contributed by atoms with E-state index in [0.717, 1.165) is 5.69 Å². The van der Waals surface area contributed by atoms with Gasteiger partial charge in [0.15, 0.2) is 0 Å². The fourth-order valence-corrected chi connectivity index (χ4v) is 2.96. The van der Waals surface area contributed by atoms with Crippen LogP contribution in [-0.4, -0.2) is 32.2 Å². The first-order valence-electron chi connectivity index (χ1n) is 6.58. The lowest BCUT2D eigenvalue weighted by molar-refractivity contribution is 0.0276. The van der Waals surface area contributed by atoms with E-state index in [0.29, 0.717) is 6.54 Å². The Hall–Kier alpha value is -0.890. The van der Waals surface area contributed by atoms with Crippen molar-refractivity contribution < 1.29 is 13.2 Å². The second-order valence-corrected chi connectivity index (χ2v) is 7.43. The molecule has 0 aliphatic heterocycles. The lowest BCUT2D eigenvalue weighted by atomic mass is 10.1. The van der Waals surface area contributed by atoms with Crippen LogP contribution >= 0.6 is 0 Å². The maximum absolute atomic E-state index is 12.3. The average Bonchev–Trinajstić information content (AvgIpc) is 2.82. The third kappa shape index (κ3) is 4.05. The van der Waals surface area contributed by atoms with E-state index in [1.807, 2.05) is 32.3 Å². The molecule has 0 amide bonds. The number of nitrogens with two attached hydrogens (primary N) is 1. The number of sulfonamides is 1. The summed E-state index contributed by atoms with van der Waals surface area (Å²) in [6.07, 6.45) is 1.62. The molecule has 7 heteroatoms. The molecule has 1 heterocycles. The Labute approximate surface area is 121 Å². The van der Waals surface area contributed by atoms with E-state index < -0.39 is 15.6 Å². The van der Waals surface area contributed by atoms with Crippen LogP contribution in [0.25, 0.3) is 0 Å². The molecule has 1 rings (SSSR count). The van der Waals surface area contributed by atoms with Crippen molar-refractivity contribution in [1.29, 1.82) is 0 Å². The Morgan fingerprint density at radius 3 is 2.45 bits per heavy atom. The van der Waals surface area contributed by atoms with Gasteiger partial charge in [-0.1, -0.05) is 0 Å². The van der Waals surface area contributed by atoms with Gasteiger partial charge in [-0.2, -0.15) is 0 Å². The largest absolute Gasteiger partial charge is 0.377 e. The predicted octanol–water partition coefficient (Wildman–Crippen LogP) is 1.23. The Morgan fingerprint density at radius 1 is 1.45 bits per heavy atom. The lowest BCUT2D eigenvalue weighted by Gasteiger charge is -2.22. The van der Waals surface area contributed by atoms with Crippen LogP contribution in [0, 0.1) is 0 Å². The molecule has 0 fully saturated rings. The third-order valence-corrected chi connectivity index (χ3v) is 4.59. The van der Waals surface area contributed by atoms with Gasteiger partial charge >= 0.3 is 0 Å². The van der Waals surface area contributed by atoms with Crippen LogP contribution in [-0.2, 0) is 21.3 Å². The Bertz CT molecular complexity index is 547. The van der Waals surface area contributed by atoms with Gasteiger partial charge in [-0.15, -0.1) is 0 Å². The number of aromatic nitrogens is 1. The van der Waals surface area contributed by atoms with Crippen LogP contribution < -0.4 is 10.5 Å². The van der Waals surface area contributed by atoms with Crippen molar-refractivity contribution in [3.8, 4) is 0 Å². The molecule has 0 saturated carbocycles. The Balaban J connectivity index is 2.99. The van der Waals surface area contributed by atoms with Crippen LogP contribution in [0.3, 0.4) is 0 Å². The van der Waals surface area contributed by atoms with E-state index in [2.05, 4.69) is 4.72 Å². The first-order valence-corrected chi connectivity index (χ1v) is 8.07. The molecule has 6 nitrogen and oxygen atoms in total. The maximum atomic E-state index is 12.3. The maximum Gasteiger partial charge on any atom is 0.242 e. The molecular formula is C13H25N3O3S. The van der Waals surface area contributed by atoms with Gasteiger partial charge in [-0.25, -0.2) is 13.1 Å². The highest BCUT2D eigenvalue weighted by Crippen LogP contribution is 2.19. The van der Waals surface area contributed by atoms with Crippen molar-refractivity contribution in [2.24, 2.45) is 5.73 Å². The van der Waals surface area contributed by atoms with Gasteiger partial charge in [0.25, 0.3) is 0 Å². The summed E-state index contributed by atoms with van der Waals surface area (Å²) in [6.45, 7) is 8.11. The summed E-state index contributed by atoms with van der Waals surface area (Å²) < 4.78 is 34.2. The molecule has 0 atom stereocenters. The minimum absolute atomic E-state index is 0.160. The molecule has 0 saturated heterocycles. The fraction of sp³-hybridized carbons (Fsp3) is 0.692. The van der Waals surface area contributed by atoms with Crippen molar-refractivity contribution in [3.05, 3.63) is 18.0 Å². The number of nitrogens with zero attached hydrogens (tertiary/aromatic N) is 1. The number of ether oxygens (including phenoxy) is 1. The van der Waals surface area contributed by atoms with E-state index in [1.54, 1.807) is 19.4 Å². The highest BCUT2D eigenvalue weighted by molar-refractivity contribution is 7.89. The summed E-state index contributed by atoms with van der Waals surface area (Å²) in [5, 5.41) is 0. The van der Waals surface area contributed by atoms with Gasteiger partial charge in [0, 0.05) is 38.1 Å². The van der Waals surface area contributed by atoms with E-state index >= 15 is 0 Å². The molecule has 0 aliphatic rings. The predicted molar refractivity (Wildman–Crippen MR) is 79.0 cm³/mol. The minimum atomic E-state index is -3.56. The summed E-state index contributed by atoms with van der Waals surface area (Å²) in [5.41, 5.74) is 5.90. The molecule has 0 unspecified atom stereocenters. The average molecular weight is 303 g/mol. The SMILES string of the molecule is COC(C)(C)CNS(=O)(=O)c1cc(CN)n(C(C)C)c1. The van der Waals surface area contributed by atoms with Crippen molar-refractivity contribution >= 4 is 10.0 Å². The monoisotopic (exact) mass is 303 g/mol. The van der Waals surface area contributed by atoms with Gasteiger partial charge in [0.05, 0.1) is 10.5 Å². The number of methoxy groups -OCH3 is 1. The molecule has 1 aromatic rings. The zero-order valence-electron chi connectivity index (χ0n) is 12.8. The number of hydrogen-bond donors (Lipinski definition) is 2. The summed E-state index contributed by atoms with van der Waals surface area (Å²) in [7, 11) is -2.00. The Kier molecular flexibility index (Phi) is 5.37. The first-order chi connectivity index (χ1) is 9.13. The smallest absolute Gasteiger partial charge is 0.242 e. The zero-order chi connectivity index (χ0) is 15.6. The topological polar surface area (TPSA) is 86.3 Å². The highest BCUT2D eigenvalue weighted by atomic mass is 32.2. The van der Waals surface area contributed by atoms with E-state index in [4.69, 9.17) is 10.5 Å². The third-order valence-electron chi connectivity index (χ3n) is 3.22. The molecule has 0 spiro atoms. The second-order valence-electron chi connectivity index (χ2n) is 5.66. The van der Waals surface area contributed by atoms with E-state index in [9.17, 15) is 8.42 Å². The fourth-order valence-electron chi connectivity index (χ4n) is 1.71. The van der Waals surface area contributed by atoms with Gasteiger partial charge < -0.3 is 15.0 Å². The summed E-state index contributed by atoms with van der Waals surface area (Å²) in [4.78, 5) is 0.235. The second kappa shape index (κ2) is 6.26. The molecule has 116 valence electrons. The summed E-state index contributed by atoms with van der Waals surface area (Å²) >= 11 is 0. The first kappa shape index (κ1) is 17.2. The highest BCUT2D eigenvalue weighted by Gasteiger charge is 2.23. The van der Waals surface area contributed by atoms with Crippen LogP contribution in [0.2, 0.25) is 0 Å². The number of hydrogen-bond acceptors (Lipinski definition) is 4. The molecule has 0 bridgehead atoms. The van der Waals surface area contributed by atoms with Crippen molar-refractivity contribution in [2.45, 2.75) is 50.8 Å². The minimum Gasteiger partial charge on any atom is -0.377 e. The molecule has 0 aliphatic carbocycles. The normalized spacial score (nSPS) is 13.2. The van der Waals surface area contributed by atoms with Gasteiger partial charge in [-0.3, -0.25) is 0 Å². The van der Waals surface area contributed by atoms with Crippen LogP contribution in [0.1, 0.15) is 39.4 Å². The molecule has 0 aromatic carbocycles. The Morgan fingerprint density at radius 2 is 2.05 bits per heavy atom.